The van der Waals surface area contributed by atoms with Crippen molar-refractivity contribution in [2.75, 3.05) is 25.3 Å². The second kappa shape index (κ2) is 8.16. The molecule has 1 unspecified atom stereocenters. The Morgan fingerprint density at radius 3 is 2.66 bits per heavy atom. The number of anilines is 1. The van der Waals surface area contributed by atoms with E-state index in [4.69, 9.17) is 16.3 Å². The Kier molecular flexibility index (Phi) is 5.60. The Morgan fingerprint density at radius 2 is 1.93 bits per heavy atom. The quantitative estimate of drug-likeness (QED) is 0.524. The highest BCUT2D eigenvalue weighted by Gasteiger charge is 2.32. The Balaban J connectivity index is 1.91. The number of nitrogens with one attached hydrogen (secondary N) is 1. The van der Waals surface area contributed by atoms with Gasteiger partial charge in [-0.25, -0.2) is 15.4 Å². The second-order valence-electron chi connectivity index (χ2n) is 6.49. The first-order chi connectivity index (χ1) is 14.0. The maximum Gasteiger partial charge on any atom is 0.188 e. The van der Waals surface area contributed by atoms with Crippen LogP contribution in [0.3, 0.4) is 0 Å². The fourth-order valence-electron chi connectivity index (χ4n) is 3.15. The van der Waals surface area contributed by atoms with E-state index < -0.39 is 6.04 Å². The van der Waals surface area contributed by atoms with E-state index >= 15 is 0 Å². The molecule has 0 amide bonds. The lowest BCUT2D eigenvalue weighted by Gasteiger charge is -2.24. The van der Waals surface area contributed by atoms with Crippen LogP contribution in [0.15, 0.2) is 52.7 Å². The molecule has 1 aliphatic heterocycles. The monoisotopic (exact) mass is 476 g/mol. The molecular formula is C20H18BrClN4O3. The van der Waals surface area contributed by atoms with Crippen LogP contribution in [0, 0.1) is 0 Å². The van der Waals surface area contributed by atoms with Gasteiger partial charge in [0.15, 0.2) is 23.0 Å². The summed E-state index contributed by atoms with van der Waals surface area (Å²) in [6.07, 6.45) is 0. The molecule has 0 bridgehead atoms. The van der Waals surface area contributed by atoms with E-state index in [1.54, 1.807) is 30.3 Å². The summed E-state index contributed by atoms with van der Waals surface area (Å²) in [5, 5.41) is 22.6. The number of aliphatic hydroxyl groups is 2. The van der Waals surface area contributed by atoms with Gasteiger partial charge in [-0.15, -0.1) is 0 Å². The van der Waals surface area contributed by atoms with E-state index in [1.165, 1.54) is 0 Å². The summed E-state index contributed by atoms with van der Waals surface area (Å²) >= 11 is 9.53. The van der Waals surface area contributed by atoms with Gasteiger partial charge in [0.05, 0.1) is 17.6 Å². The average Bonchev–Trinajstić information content (AvgIpc) is 2.81. The summed E-state index contributed by atoms with van der Waals surface area (Å²) in [5.41, 5.74) is 5.66. The minimum absolute atomic E-state index is 0.00483. The van der Waals surface area contributed by atoms with Crippen molar-refractivity contribution in [1.29, 1.82) is 0 Å². The van der Waals surface area contributed by atoms with E-state index in [-0.39, 0.29) is 24.7 Å². The number of benzene rings is 2. The number of hydrogen-bond acceptors (Lipinski definition) is 7. The third-order valence-electron chi connectivity index (χ3n) is 4.51. The van der Waals surface area contributed by atoms with Gasteiger partial charge in [-0.1, -0.05) is 39.7 Å². The van der Waals surface area contributed by atoms with Crippen LogP contribution in [0.2, 0.25) is 5.02 Å². The minimum atomic E-state index is -0.593. The summed E-state index contributed by atoms with van der Waals surface area (Å²) < 4.78 is 6.65. The van der Waals surface area contributed by atoms with Crippen molar-refractivity contribution in [2.45, 2.75) is 6.04 Å². The van der Waals surface area contributed by atoms with Crippen LogP contribution in [0.25, 0.3) is 16.8 Å². The Morgan fingerprint density at radius 1 is 1.17 bits per heavy atom. The lowest BCUT2D eigenvalue weighted by Crippen LogP contribution is -2.38. The molecule has 29 heavy (non-hydrogen) atoms. The van der Waals surface area contributed by atoms with Crippen molar-refractivity contribution in [3.05, 3.63) is 69.0 Å². The van der Waals surface area contributed by atoms with Gasteiger partial charge in [0.2, 0.25) is 0 Å². The highest BCUT2D eigenvalue weighted by molar-refractivity contribution is 9.10. The van der Waals surface area contributed by atoms with E-state index in [0.29, 0.717) is 27.6 Å². The maximum absolute atomic E-state index is 11.1. The molecule has 2 heterocycles. The van der Waals surface area contributed by atoms with Gasteiger partial charge in [0, 0.05) is 16.5 Å². The molecule has 9 heteroatoms. The van der Waals surface area contributed by atoms with Gasteiger partial charge in [-0.2, -0.15) is 0 Å². The zero-order chi connectivity index (χ0) is 20.5. The number of aromatic nitrogens is 2. The maximum atomic E-state index is 11.1. The molecule has 1 atom stereocenters. The number of fused-ring (bicyclic) bond motifs is 2. The molecule has 3 N–H and O–H groups in total. The Labute approximate surface area is 180 Å². The lowest BCUT2D eigenvalue weighted by molar-refractivity contribution is 0.172. The molecule has 2 aromatic carbocycles. The van der Waals surface area contributed by atoms with Crippen LogP contribution in [0.5, 0.6) is 0 Å². The second-order valence-corrected chi connectivity index (χ2v) is 7.84. The molecule has 1 aromatic heterocycles. The summed E-state index contributed by atoms with van der Waals surface area (Å²) in [7, 11) is 1.80. The van der Waals surface area contributed by atoms with Crippen molar-refractivity contribution in [1.82, 2.24) is 15.4 Å². The SMILES string of the molecule is CN1NC(c2ccc(Br)cc2)C(O)=C(OCCO)c2nc3cc(Cl)ccc3nc21. The van der Waals surface area contributed by atoms with Gasteiger partial charge in [-0.05, 0) is 35.9 Å². The fourth-order valence-corrected chi connectivity index (χ4v) is 3.58. The van der Waals surface area contributed by atoms with Gasteiger partial charge in [0.1, 0.15) is 12.6 Å². The third kappa shape index (κ3) is 3.89. The number of ether oxygens (including phenoxy) is 1. The molecule has 0 fully saturated rings. The Hall–Kier alpha value is -2.39. The van der Waals surface area contributed by atoms with Gasteiger partial charge in [-0.3, -0.25) is 5.01 Å². The number of halogens is 2. The molecule has 0 saturated carbocycles. The van der Waals surface area contributed by atoms with E-state index in [1.807, 2.05) is 24.3 Å². The molecule has 7 nitrogen and oxygen atoms in total. The number of rotatable bonds is 4. The molecule has 3 aromatic rings. The predicted molar refractivity (Wildman–Crippen MR) is 116 cm³/mol. The molecule has 0 spiro atoms. The zero-order valence-electron chi connectivity index (χ0n) is 15.4. The van der Waals surface area contributed by atoms with Crippen LogP contribution >= 0.6 is 27.5 Å². The topological polar surface area (TPSA) is 90.7 Å². The highest BCUT2D eigenvalue weighted by atomic mass is 79.9. The Bertz CT molecular complexity index is 1090. The fraction of sp³-hybridized carbons (Fsp3) is 0.200. The summed E-state index contributed by atoms with van der Waals surface area (Å²) in [6, 6.07) is 12.2. The van der Waals surface area contributed by atoms with Crippen molar-refractivity contribution in [2.24, 2.45) is 0 Å². The average molecular weight is 478 g/mol. The molecule has 150 valence electrons. The summed E-state index contributed by atoms with van der Waals surface area (Å²) in [4.78, 5) is 9.33. The van der Waals surface area contributed by atoms with Gasteiger partial charge < -0.3 is 14.9 Å². The molecular weight excluding hydrogens is 460 g/mol. The smallest absolute Gasteiger partial charge is 0.188 e. The third-order valence-corrected chi connectivity index (χ3v) is 5.27. The normalized spacial score (nSPS) is 16.7. The summed E-state index contributed by atoms with van der Waals surface area (Å²) in [5.74, 6) is 0.592. The number of nitrogens with zero attached hydrogens (tertiary/aromatic N) is 3. The van der Waals surface area contributed by atoms with Crippen LogP contribution in [-0.2, 0) is 4.74 Å². The van der Waals surface area contributed by atoms with E-state index in [0.717, 1.165) is 10.0 Å². The van der Waals surface area contributed by atoms with E-state index in [2.05, 4.69) is 31.3 Å². The molecule has 0 aliphatic carbocycles. The van der Waals surface area contributed by atoms with Crippen LogP contribution in [0.1, 0.15) is 17.3 Å². The first-order valence-electron chi connectivity index (χ1n) is 8.87. The van der Waals surface area contributed by atoms with Crippen LogP contribution < -0.4 is 10.4 Å². The highest BCUT2D eigenvalue weighted by Crippen LogP contribution is 2.36. The van der Waals surface area contributed by atoms with Crippen LogP contribution in [-0.4, -0.2) is 40.4 Å². The lowest BCUT2D eigenvalue weighted by atomic mass is 10.0. The molecule has 1 aliphatic rings. The van der Waals surface area contributed by atoms with E-state index in [9.17, 15) is 10.2 Å². The largest absolute Gasteiger partial charge is 0.506 e. The van der Waals surface area contributed by atoms with Crippen molar-refractivity contribution in [3.63, 3.8) is 0 Å². The summed E-state index contributed by atoms with van der Waals surface area (Å²) in [6.45, 7) is -0.198. The first-order valence-corrected chi connectivity index (χ1v) is 10.0. The molecule has 4 rings (SSSR count). The number of hydrazine groups is 1. The van der Waals surface area contributed by atoms with Gasteiger partial charge >= 0.3 is 0 Å². The van der Waals surface area contributed by atoms with Crippen molar-refractivity contribution >= 4 is 50.1 Å². The number of hydrogen-bond donors (Lipinski definition) is 3. The van der Waals surface area contributed by atoms with Crippen molar-refractivity contribution in [3.8, 4) is 0 Å². The van der Waals surface area contributed by atoms with Crippen LogP contribution in [0.4, 0.5) is 5.82 Å². The van der Waals surface area contributed by atoms with Gasteiger partial charge in [0.25, 0.3) is 0 Å². The molecule has 0 radical (unpaired) electrons. The standard InChI is InChI=1S/C20H18BrClN4O3/c1-26-20-17(23-15-10-13(22)6-7-14(15)24-20)19(29-9-8-27)18(28)16(25-26)11-2-4-12(21)5-3-11/h2-7,10,16,25,27-28H,8-9H2,1H3. The predicted octanol–water partition coefficient (Wildman–Crippen LogP) is 3.98. The van der Waals surface area contributed by atoms with Crippen molar-refractivity contribution < 1.29 is 14.9 Å². The molecule has 0 saturated heterocycles. The minimum Gasteiger partial charge on any atom is -0.506 e. The number of aliphatic hydroxyl groups excluding tert-OH is 2. The zero-order valence-corrected chi connectivity index (χ0v) is 17.8. The first kappa shape index (κ1) is 19.9.